The van der Waals surface area contributed by atoms with Crippen molar-refractivity contribution in [1.82, 2.24) is 14.6 Å². The van der Waals surface area contributed by atoms with E-state index in [4.69, 9.17) is 16.3 Å². The van der Waals surface area contributed by atoms with Crippen LogP contribution in [0.2, 0.25) is 5.02 Å². The number of ketones is 1. The monoisotopic (exact) mass is 351 g/mol. The minimum Gasteiger partial charge on any atom is -0.481 e. The van der Waals surface area contributed by atoms with Crippen LogP contribution in [0.1, 0.15) is 28.0 Å². The minimum absolute atomic E-state index is 0.0263. The van der Waals surface area contributed by atoms with E-state index in [1.165, 1.54) is 42.2 Å². The van der Waals surface area contributed by atoms with Crippen molar-refractivity contribution < 1.29 is 18.3 Å². The molecule has 8 heteroatoms. The van der Waals surface area contributed by atoms with Crippen molar-refractivity contribution in [2.45, 2.75) is 12.8 Å². The molecule has 0 amide bonds. The van der Waals surface area contributed by atoms with Gasteiger partial charge in [-0.3, -0.25) is 9.78 Å². The SMILES string of the molecule is COc1ccc(C(=O)Cc2ccncc2Cl)c2cc(C(F)F)nn12. The summed E-state index contributed by atoms with van der Waals surface area (Å²) in [7, 11) is 1.40. The van der Waals surface area contributed by atoms with Crippen molar-refractivity contribution in [1.29, 1.82) is 0 Å². The first-order chi connectivity index (χ1) is 11.5. The molecule has 0 atom stereocenters. The summed E-state index contributed by atoms with van der Waals surface area (Å²) in [5.74, 6) is -0.00753. The summed E-state index contributed by atoms with van der Waals surface area (Å²) in [5, 5.41) is 4.18. The van der Waals surface area contributed by atoms with E-state index in [1.807, 2.05) is 0 Å². The molecule has 3 heterocycles. The van der Waals surface area contributed by atoms with Crippen molar-refractivity contribution in [3.05, 3.63) is 58.5 Å². The number of pyridine rings is 2. The fourth-order valence-corrected chi connectivity index (χ4v) is 2.57. The van der Waals surface area contributed by atoms with Crippen LogP contribution in [-0.4, -0.2) is 27.5 Å². The molecule has 0 unspecified atom stereocenters. The molecule has 3 rings (SSSR count). The quantitative estimate of drug-likeness (QED) is 0.657. The van der Waals surface area contributed by atoms with E-state index < -0.39 is 12.1 Å². The summed E-state index contributed by atoms with van der Waals surface area (Å²) in [6, 6.07) is 5.87. The van der Waals surface area contributed by atoms with Gasteiger partial charge in [0.2, 0.25) is 5.88 Å². The van der Waals surface area contributed by atoms with Crippen LogP contribution in [0.4, 0.5) is 8.78 Å². The molecule has 0 N–H and O–H groups in total. The largest absolute Gasteiger partial charge is 0.481 e. The lowest BCUT2D eigenvalue weighted by molar-refractivity contribution is 0.0994. The van der Waals surface area contributed by atoms with Gasteiger partial charge in [0, 0.05) is 30.4 Å². The van der Waals surface area contributed by atoms with Crippen LogP contribution in [0.3, 0.4) is 0 Å². The molecule has 0 aliphatic heterocycles. The fraction of sp³-hybridized carbons (Fsp3) is 0.188. The van der Waals surface area contributed by atoms with Gasteiger partial charge >= 0.3 is 0 Å². The van der Waals surface area contributed by atoms with E-state index in [0.717, 1.165) is 0 Å². The Hall–Kier alpha value is -2.54. The number of aromatic nitrogens is 3. The highest BCUT2D eigenvalue weighted by Crippen LogP contribution is 2.26. The highest BCUT2D eigenvalue weighted by molar-refractivity contribution is 6.31. The zero-order chi connectivity index (χ0) is 17.3. The number of carbonyl (C=O) groups is 1. The van der Waals surface area contributed by atoms with E-state index in [2.05, 4.69) is 10.1 Å². The van der Waals surface area contributed by atoms with Gasteiger partial charge in [-0.1, -0.05) is 11.6 Å². The highest BCUT2D eigenvalue weighted by Gasteiger charge is 2.20. The summed E-state index contributed by atoms with van der Waals surface area (Å²) < 4.78 is 32.2. The molecule has 5 nitrogen and oxygen atoms in total. The number of nitrogens with zero attached hydrogens (tertiary/aromatic N) is 3. The maximum absolute atomic E-state index is 12.9. The first kappa shape index (κ1) is 16.3. The Kier molecular flexibility index (Phi) is 4.44. The van der Waals surface area contributed by atoms with Crippen molar-refractivity contribution >= 4 is 22.9 Å². The highest BCUT2D eigenvalue weighted by atomic mass is 35.5. The van der Waals surface area contributed by atoms with Crippen LogP contribution in [0.5, 0.6) is 5.88 Å². The van der Waals surface area contributed by atoms with Gasteiger partial charge in [-0.05, 0) is 23.8 Å². The molecule has 0 saturated heterocycles. The Balaban J connectivity index is 2.05. The lowest BCUT2D eigenvalue weighted by atomic mass is 10.0. The van der Waals surface area contributed by atoms with Crippen LogP contribution in [0, 0.1) is 0 Å². The van der Waals surface area contributed by atoms with E-state index in [9.17, 15) is 13.6 Å². The van der Waals surface area contributed by atoms with Gasteiger partial charge in [-0.2, -0.15) is 9.61 Å². The molecule has 0 bridgehead atoms. The number of ether oxygens (including phenoxy) is 1. The molecule has 124 valence electrons. The van der Waals surface area contributed by atoms with Crippen molar-refractivity contribution in [3.63, 3.8) is 0 Å². The molecular weight excluding hydrogens is 340 g/mol. The van der Waals surface area contributed by atoms with Gasteiger partial charge < -0.3 is 4.74 Å². The average Bonchev–Trinajstić information content (AvgIpc) is 3.01. The zero-order valence-electron chi connectivity index (χ0n) is 12.5. The Morgan fingerprint density at radius 1 is 1.38 bits per heavy atom. The van der Waals surface area contributed by atoms with Gasteiger partial charge in [0.25, 0.3) is 6.43 Å². The van der Waals surface area contributed by atoms with Gasteiger partial charge in [-0.15, -0.1) is 0 Å². The van der Waals surface area contributed by atoms with Crippen LogP contribution < -0.4 is 4.74 Å². The number of hydrogen-bond donors (Lipinski definition) is 0. The molecule has 0 aromatic carbocycles. The van der Waals surface area contributed by atoms with E-state index in [0.29, 0.717) is 10.6 Å². The summed E-state index contributed by atoms with van der Waals surface area (Å²) in [6.07, 6.45) is 0.262. The fourth-order valence-electron chi connectivity index (χ4n) is 2.38. The third kappa shape index (κ3) is 2.94. The standard InChI is InChI=1S/C16H12ClF2N3O2/c1-24-15-3-2-10(13-7-12(16(18)19)21-22(13)15)14(23)6-9-4-5-20-8-11(9)17/h2-5,7-8,16H,6H2,1H3. The summed E-state index contributed by atoms with van der Waals surface area (Å²) in [4.78, 5) is 16.5. The molecule has 0 aliphatic carbocycles. The Bertz CT molecular complexity index is 911. The van der Waals surface area contributed by atoms with Crippen LogP contribution in [0.15, 0.2) is 36.7 Å². The first-order valence-corrected chi connectivity index (χ1v) is 7.35. The first-order valence-electron chi connectivity index (χ1n) is 6.97. The molecular formula is C16H12ClF2N3O2. The zero-order valence-corrected chi connectivity index (χ0v) is 13.3. The molecule has 0 fully saturated rings. The number of hydrogen-bond acceptors (Lipinski definition) is 4. The average molecular weight is 352 g/mol. The van der Waals surface area contributed by atoms with E-state index in [-0.39, 0.29) is 29.2 Å². The Morgan fingerprint density at radius 2 is 2.17 bits per heavy atom. The van der Waals surface area contributed by atoms with Crippen molar-refractivity contribution in [2.75, 3.05) is 7.11 Å². The second kappa shape index (κ2) is 6.52. The number of carbonyl (C=O) groups excluding carboxylic acids is 1. The molecule has 24 heavy (non-hydrogen) atoms. The molecule has 0 saturated carbocycles. The summed E-state index contributed by atoms with van der Waals surface area (Å²) in [6.45, 7) is 0. The smallest absolute Gasteiger partial charge is 0.282 e. The number of alkyl halides is 2. The van der Waals surface area contributed by atoms with E-state index >= 15 is 0 Å². The second-order valence-corrected chi connectivity index (χ2v) is 5.43. The van der Waals surface area contributed by atoms with Gasteiger partial charge in [-0.25, -0.2) is 8.78 Å². The molecule has 3 aromatic rings. The van der Waals surface area contributed by atoms with Crippen LogP contribution >= 0.6 is 11.6 Å². The van der Waals surface area contributed by atoms with Crippen LogP contribution in [-0.2, 0) is 6.42 Å². The molecule has 3 aromatic heterocycles. The van der Waals surface area contributed by atoms with Crippen molar-refractivity contribution in [2.24, 2.45) is 0 Å². The van der Waals surface area contributed by atoms with Crippen molar-refractivity contribution in [3.8, 4) is 5.88 Å². The normalized spacial score (nSPS) is 11.2. The third-order valence-electron chi connectivity index (χ3n) is 3.55. The Morgan fingerprint density at radius 3 is 2.83 bits per heavy atom. The Labute approximate surface area is 140 Å². The van der Waals surface area contributed by atoms with Gasteiger partial charge in [0.15, 0.2) is 5.78 Å². The predicted molar refractivity (Wildman–Crippen MR) is 84.0 cm³/mol. The minimum atomic E-state index is -2.74. The topological polar surface area (TPSA) is 56.5 Å². The van der Waals surface area contributed by atoms with Gasteiger partial charge in [0.05, 0.1) is 17.6 Å². The maximum atomic E-state index is 12.9. The third-order valence-corrected chi connectivity index (χ3v) is 3.89. The molecule has 0 spiro atoms. The lowest BCUT2D eigenvalue weighted by Crippen LogP contribution is -2.07. The van der Waals surface area contributed by atoms with E-state index in [1.54, 1.807) is 6.07 Å². The number of halogens is 3. The summed E-state index contributed by atoms with van der Waals surface area (Å²) in [5.41, 5.74) is 0.720. The molecule has 0 aliphatic rings. The number of Topliss-reactive ketones (excluding diaryl/α,β-unsaturated/α-hetero) is 1. The number of methoxy groups -OCH3 is 1. The second-order valence-electron chi connectivity index (χ2n) is 5.02. The number of fused-ring (bicyclic) bond motifs is 1. The number of rotatable bonds is 5. The summed E-state index contributed by atoms with van der Waals surface area (Å²) >= 11 is 6.02. The van der Waals surface area contributed by atoms with Gasteiger partial charge in [0.1, 0.15) is 5.69 Å². The predicted octanol–water partition coefficient (Wildman–Crippen LogP) is 3.75. The lowest BCUT2D eigenvalue weighted by Gasteiger charge is -2.08. The van der Waals surface area contributed by atoms with Crippen LogP contribution in [0.25, 0.3) is 5.52 Å². The maximum Gasteiger partial charge on any atom is 0.282 e. The molecule has 0 radical (unpaired) electrons.